The van der Waals surface area contributed by atoms with Crippen molar-refractivity contribution in [1.29, 1.82) is 0 Å². The van der Waals surface area contributed by atoms with Gasteiger partial charge in [0.15, 0.2) is 0 Å². The van der Waals surface area contributed by atoms with Gasteiger partial charge in [-0.05, 0) is 75.8 Å². The zero-order valence-electron chi connectivity index (χ0n) is 23.4. The zero-order valence-corrected chi connectivity index (χ0v) is 23.4. The second-order valence-electron chi connectivity index (χ2n) is 11.5. The Morgan fingerprint density at radius 2 is 1.47 bits per heavy atom. The number of hydrogen-bond acceptors (Lipinski definition) is 6. The quantitative estimate of drug-likeness (QED) is 0.470. The molecule has 0 aliphatic carbocycles. The van der Waals surface area contributed by atoms with Gasteiger partial charge in [0.25, 0.3) is 0 Å². The first-order valence-corrected chi connectivity index (χ1v) is 13.9. The van der Waals surface area contributed by atoms with E-state index < -0.39 is 11.5 Å². The smallest absolute Gasteiger partial charge is 0.410 e. The van der Waals surface area contributed by atoms with Gasteiger partial charge in [0.05, 0.1) is 7.11 Å². The molecule has 2 heterocycles. The van der Waals surface area contributed by atoms with Crippen LogP contribution in [0.5, 0.6) is 0 Å². The van der Waals surface area contributed by atoms with E-state index in [0.29, 0.717) is 5.92 Å². The summed E-state index contributed by atoms with van der Waals surface area (Å²) < 4.78 is 10.6. The van der Waals surface area contributed by atoms with Crippen molar-refractivity contribution in [3.05, 3.63) is 65.7 Å². The number of hydrogen-bond donors (Lipinski definition) is 0. The van der Waals surface area contributed by atoms with Gasteiger partial charge in [0.1, 0.15) is 11.5 Å². The summed E-state index contributed by atoms with van der Waals surface area (Å²) >= 11 is 0. The first-order valence-electron chi connectivity index (χ1n) is 13.9. The summed E-state index contributed by atoms with van der Waals surface area (Å²) in [6, 6.07) is 18.2. The van der Waals surface area contributed by atoms with Gasteiger partial charge in [0.2, 0.25) is 0 Å². The van der Waals surface area contributed by atoms with E-state index >= 15 is 0 Å². The molecule has 206 valence electrons. The summed E-state index contributed by atoms with van der Waals surface area (Å²) in [4.78, 5) is 31.7. The van der Waals surface area contributed by atoms with Gasteiger partial charge >= 0.3 is 12.1 Å². The monoisotopic (exact) mass is 521 g/mol. The fourth-order valence-electron chi connectivity index (χ4n) is 5.43. The molecule has 0 spiro atoms. The third-order valence-electron chi connectivity index (χ3n) is 7.65. The Labute approximate surface area is 227 Å². The molecule has 1 unspecified atom stereocenters. The molecule has 2 aliphatic rings. The van der Waals surface area contributed by atoms with Crippen LogP contribution in [-0.2, 0) is 14.3 Å². The predicted octanol–water partition coefficient (Wildman–Crippen LogP) is 5.15. The highest BCUT2D eigenvalue weighted by Gasteiger charge is 2.28. The fourth-order valence-corrected chi connectivity index (χ4v) is 5.43. The van der Waals surface area contributed by atoms with Gasteiger partial charge < -0.3 is 19.3 Å². The van der Waals surface area contributed by atoms with Gasteiger partial charge in [-0.15, -0.1) is 0 Å². The molecule has 2 aliphatic heterocycles. The normalized spacial score (nSPS) is 18.2. The number of esters is 1. The molecule has 2 fully saturated rings. The second kappa shape index (κ2) is 12.7. The van der Waals surface area contributed by atoms with Gasteiger partial charge in [-0.1, -0.05) is 42.5 Å². The van der Waals surface area contributed by atoms with Crippen LogP contribution in [0.15, 0.2) is 54.6 Å². The Balaban J connectivity index is 1.22. The Hall–Kier alpha value is -3.06. The van der Waals surface area contributed by atoms with Crippen molar-refractivity contribution in [3.8, 4) is 0 Å². The molecular weight excluding hydrogens is 478 g/mol. The number of rotatable bonds is 7. The predicted molar refractivity (Wildman–Crippen MR) is 151 cm³/mol. The summed E-state index contributed by atoms with van der Waals surface area (Å²) in [6.45, 7) is 12.5. The van der Waals surface area contributed by atoms with Crippen LogP contribution in [0.4, 0.5) is 10.5 Å². The number of benzene rings is 2. The molecule has 38 heavy (non-hydrogen) atoms. The van der Waals surface area contributed by atoms with Crippen LogP contribution in [0.3, 0.4) is 0 Å². The van der Waals surface area contributed by atoms with Gasteiger partial charge in [0, 0.05) is 45.0 Å². The fraction of sp³-hybridized carbons (Fsp3) is 0.548. The Kier molecular flexibility index (Phi) is 9.31. The number of piperidine rings is 1. The molecule has 2 aromatic rings. The lowest BCUT2D eigenvalue weighted by molar-refractivity contribution is -0.141. The van der Waals surface area contributed by atoms with Crippen molar-refractivity contribution in [1.82, 2.24) is 9.80 Å². The molecule has 0 radical (unpaired) electrons. The van der Waals surface area contributed by atoms with E-state index in [2.05, 4.69) is 34.1 Å². The SMILES string of the molecule is COC(=O)C(c1ccccc1)c1ccc(N2CCN(CCC3CCN(C(=O)OC(C)(C)C)CC3)CC2)cc1. The zero-order chi connectivity index (χ0) is 27.1. The van der Waals surface area contributed by atoms with Crippen LogP contribution in [0.1, 0.15) is 57.1 Å². The van der Waals surface area contributed by atoms with Crippen LogP contribution in [0, 0.1) is 5.92 Å². The molecular formula is C31H43N3O4. The molecule has 1 atom stereocenters. The van der Waals surface area contributed by atoms with Crippen molar-refractivity contribution in [3.63, 3.8) is 0 Å². The number of carbonyl (C=O) groups is 2. The van der Waals surface area contributed by atoms with Crippen molar-refractivity contribution in [2.45, 2.75) is 51.6 Å². The molecule has 7 heteroatoms. The third kappa shape index (κ3) is 7.50. The number of amides is 1. The van der Waals surface area contributed by atoms with E-state index in [4.69, 9.17) is 9.47 Å². The first-order chi connectivity index (χ1) is 18.2. The Morgan fingerprint density at radius 3 is 2.05 bits per heavy atom. The lowest BCUT2D eigenvalue weighted by Crippen LogP contribution is -2.47. The Bertz CT molecular complexity index is 1040. The number of piperazine rings is 1. The van der Waals surface area contributed by atoms with E-state index in [0.717, 1.165) is 69.8 Å². The third-order valence-corrected chi connectivity index (χ3v) is 7.65. The highest BCUT2D eigenvalue weighted by molar-refractivity contribution is 5.82. The lowest BCUT2D eigenvalue weighted by atomic mass is 9.91. The standard InChI is InChI=1S/C31H43N3O4/c1-31(2,3)38-30(36)34-18-15-24(16-19-34)14-17-32-20-22-33(23-21-32)27-12-10-26(11-13-27)28(29(35)37-4)25-8-6-5-7-9-25/h5-13,24,28H,14-23H2,1-4H3. The number of carbonyl (C=O) groups excluding carboxylic acids is 2. The van der Waals surface area contributed by atoms with Crippen molar-refractivity contribution >= 4 is 17.7 Å². The summed E-state index contributed by atoms with van der Waals surface area (Å²) in [5.41, 5.74) is 2.64. The number of likely N-dealkylation sites (tertiary alicyclic amines) is 1. The lowest BCUT2D eigenvalue weighted by Gasteiger charge is -2.38. The maximum Gasteiger partial charge on any atom is 0.410 e. The number of methoxy groups -OCH3 is 1. The molecule has 4 rings (SSSR count). The minimum absolute atomic E-state index is 0.180. The van der Waals surface area contributed by atoms with Gasteiger partial charge in [-0.25, -0.2) is 4.79 Å². The molecule has 7 nitrogen and oxygen atoms in total. The van der Waals surface area contributed by atoms with Crippen molar-refractivity contribution < 1.29 is 19.1 Å². The van der Waals surface area contributed by atoms with E-state index in [9.17, 15) is 9.59 Å². The average molecular weight is 522 g/mol. The highest BCUT2D eigenvalue weighted by Crippen LogP contribution is 2.29. The van der Waals surface area contributed by atoms with Crippen molar-refractivity contribution in [2.24, 2.45) is 5.92 Å². The van der Waals surface area contributed by atoms with E-state index in [1.165, 1.54) is 19.2 Å². The molecule has 0 aromatic heterocycles. The Morgan fingerprint density at radius 1 is 0.868 bits per heavy atom. The number of anilines is 1. The summed E-state index contributed by atoms with van der Waals surface area (Å²) in [5, 5.41) is 0. The molecule has 0 saturated carbocycles. The van der Waals surface area contributed by atoms with E-state index in [1.54, 1.807) is 0 Å². The maximum absolute atomic E-state index is 12.5. The number of ether oxygens (including phenoxy) is 2. The minimum Gasteiger partial charge on any atom is -0.468 e. The summed E-state index contributed by atoms with van der Waals surface area (Å²) in [6.07, 6.45) is 3.12. The summed E-state index contributed by atoms with van der Waals surface area (Å²) in [7, 11) is 1.44. The van der Waals surface area contributed by atoms with E-state index in [1.807, 2.05) is 56.0 Å². The number of nitrogens with zero attached hydrogens (tertiary/aromatic N) is 3. The first kappa shape index (κ1) is 28.0. The van der Waals surface area contributed by atoms with Crippen LogP contribution >= 0.6 is 0 Å². The maximum atomic E-state index is 12.5. The van der Waals surface area contributed by atoms with Crippen LogP contribution < -0.4 is 4.90 Å². The molecule has 2 saturated heterocycles. The second-order valence-corrected chi connectivity index (χ2v) is 11.5. The van der Waals surface area contributed by atoms with Crippen LogP contribution in [0.25, 0.3) is 0 Å². The van der Waals surface area contributed by atoms with Gasteiger partial charge in [-0.3, -0.25) is 9.69 Å². The van der Waals surface area contributed by atoms with Crippen LogP contribution in [-0.4, -0.2) is 80.4 Å². The molecule has 0 bridgehead atoms. The minimum atomic E-state index is -0.439. The molecule has 2 aromatic carbocycles. The summed E-state index contributed by atoms with van der Waals surface area (Å²) in [5.74, 6) is 0.0165. The van der Waals surface area contributed by atoms with Crippen molar-refractivity contribution in [2.75, 3.05) is 57.8 Å². The topological polar surface area (TPSA) is 62.3 Å². The van der Waals surface area contributed by atoms with Crippen LogP contribution in [0.2, 0.25) is 0 Å². The molecule has 1 amide bonds. The average Bonchev–Trinajstić information content (AvgIpc) is 2.92. The largest absolute Gasteiger partial charge is 0.468 e. The highest BCUT2D eigenvalue weighted by atomic mass is 16.6. The molecule has 0 N–H and O–H groups in total. The van der Waals surface area contributed by atoms with E-state index in [-0.39, 0.29) is 12.1 Å². The van der Waals surface area contributed by atoms with Gasteiger partial charge in [-0.2, -0.15) is 0 Å².